The number of hydrogen-bond acceptors (Lipinski definition) is 5. The highest BCUT2D eigenvalue weighted by Gasteiger charge is 2.35. The van der Waals surface area contributed by atoms with E-state index in [1.807, 2.05) is 30.3 Å². The topological polar surface area (TPSA) is 64.6 Å². The van der Waals surface area contributed by atoms with Gasteiger partial charge in [0.25, 0.3) is 0 Å². The summed E-state index contributed by atoms with van der Waals surface area (Å²) in [4.78, 5) is 28.8. The van der Waals surface area contributed by atoms with E-state index >= 15 is 0 Å². The van der Waals surface area contributed by atoms with Gasteiger partial charge in [0.2, 0.25) is 0 Å². The summed E-state index contributed by atoms with van der Waals surface area (Å²) < 4.78 is 40.2. The third kappa shape index (κ3) is 4.99. The second-order valence-electron chi connectivity index (χ2n) is 9.10. The van der Waals surface area contributed by atoms with E-state index in [0.29, 0.717) is 18.8 Å². The number of aromatic nitrogens is 2. The molecule has 0 bridgehead atoms. The molecule has 0 radical (unpaired) electrons. The van der Waals surface area contributed by atoms with Gasteiger partial charge in [-0.25, -0.2) is 14.8 Å². The lowest BCUT2D eigenvalue weighted by Gasteiger charge is -2.37. The van der Waals surface area contributed by atoms with Crippen molar-refractivity contribution < 1.29 is 18.0 Å². The molecule has 0 aliphatic carbocycles. The second-order valence-corrected chi connectivity index (χ2v) is 9.10. The molecule has 7 nitrogen and oxygen atoms in total. The Balaban J connectivity index is 1.45. The van der Waals surface area contributed by atoms with Gasteiger partial charge < -0.3 is 20.0 Å². The summed E-state index contributed by atoms with van der Waals surface area (Å²) in [5.74, 6) is 1.43. The molecule has 5 rings (SSSR count). The molecule has 0 saturated carbocycles. The van der Waals surface area contributed by atoms with Gasteiger partial charge in [0.1, 0.15) is 5.82 Å². The van der Waals surface area contributed by atoms with Gasteiger partial charge in [-0.2, -0.15) is 13.2 Å². The van der Waals surface area contributed by atoms with Crippen LogP contribution in [0.3, 0.4) is 0 Å². The van der Waals surface area contributed by atoms with Gasteiger partial charge in [-0.1, -0.05) is 42.5 Å². The third-order valence-corrected chi connectivity index (χ3v) is 6.63. The monoisotopic (exact) mass is 496 g/mol. The number of nitrogens with zero attached hydrogens (tertiary/aromatic N) is 5. The number of hydrogen-bond donors (Lipinski definition) is 1. The molecule has 2 aliphatic rings. The number of alkyl halides is 3. The van der Waals surface area contributed by atoms with Crippen LogP contribution in [0.4, 0.5) is 29.5 Å². The summed E-state index contributed by atoms with van der Waals surface area (Å²) in [5.41, 5.74) is 1.52. The molecule has 1 fully saturated rings. The van der Waals surface area contributed by atoms with E-state index in [2.05, 4.69) is 22.2 Å². The molecular formula is C26H27F3N6O. The number of amides is 2. The summed E-state index contributed by atoms with van der Waals surface area (Å²) in [5, 5.41) is 2.47. The third-order valence-electron chi connectivity index (χ3n) is 6.63. The number of anilines is 2. The lowest BCUT2D eigenvalue weighted by atomic mass is 10.0. The number of piperazine rings is 1. The highest BCUT2D eigenvalue weighted by atomic mass is 19.4. The predicted octanol–water partition coefficient (Wildman–Crippen LogP) is 4.50. The number of fused-ring (bicyclic) bond motifs is 1. The smallest absolute Gasteiger partial charge is 0.354 e. The zero-order valence-electron chi connectivity index (χ0n) is 19.9. The van der Waals surface area contributed by atoms with Crippen molar-refractivity contribution in [2.45, 2.75) is 19.1 Å². The zero-order chi connectivity index (χ0) is 25.3. The average molecular weight is 497 g/mol. The molecule has 1 N–H and O–H groups in total. The zero-order valence-corrected chi connectivity index (χ0v) is 19.9. The van der Waals surface area contributed by atoms with Crippen LogP contribution in [0.25, 0.3) is 11.4 Å². The Hall–Kier alpha value is -3.66. The first-order valence-corrected chi connectivity index (χ1v) is 11.9. The molecule has 2 aromatic carbocycles. The van der Waals surface area contributed by atoms with Crippen molar-refractivity contribution >= 4 is 17.5 Å². The van der Waals surface area contributed by atoms with Crippen LogP contribution in [0.15, 0.2) is 54.6 Å². The number of urea groups is 1. The minimum atomic E-state index is -4.56. The molecule has 10 heteroatoms. The maximum absolute atomic E-state index is 13.4. The van der Waals surface area contributed by atoms with E-state index in [4.69, 9.17) is 9.97 Å². The van der Waals surface area contributed by atoms with Crippen molar-refractivity contribution in [2.75, 3.05) is 50.0 Å². The Morgan fingerprint density at radius 2 is 1.61 bits per heavy atom. The van der Waals surface area contributed by atoms with Gasteiger partial charge in [-0.15, -0.1) is 0 Å². The van der Waals surface area contributed by atoms with Crippen molar-refractivity contribution in [1.29, 1.82) is 0 Å². The quantitative estimate of drug-likeness (QED) is 0.578. The normalized spacial score (nSPS) is 16.6. The van der Waals surface area contributed by atoms with E-state index in [1.54, 1.807) is 0 Å². The minimum Gasteiger partial charge on any atom is -0.354 e. The van der Waals surface area contributed by atoms with Crippen LogP contribution in [0, 0.1) is 0 Å². The molecule has 188 valence electrons. The number of carbonyl (C=O) groups is 1. The van der Waals surface area contributed by atoms with E-state index < -0.39 is 17.8 Å². The summed E-state index contributed by atoms with van der Waals surface area (Å²) in [6, 6.07) is 14.2. The Labute approximate surface area is 207 Å². The fraction of sp³-hybridized carbons (Fsp3) is 0.346. The lowest BCUT2D eigenvalue weighted by molar-refractivity contribution is -0.136. The van der Waals surface area contributed by atoms with Crippen LogP contribution < -0.4 is 10.2 Å². The molecule has 3 heterocycles. The lowest BCUT2D eigenvalue weighted by Crippen LogP contribution is -2.46. The van der Waals surface area contributed by atoms with Gasteiger partial charge in [0.15, 0.2) is 5.82 Å². The Morgan fingerprint density at radius 3 is 2.33 bits per heavy atom. The molecular weight excluding hydrogens is 469 g/mol. The van der Waals surface area contributed by atoms with Crippen LogP contribution in [0.5, 0.6) is 0 Å². The van der Waals surface area contributed by atoms with E-state index in [-0.39, 0.29) is 12.2 Å². The standard InChI is InChI=1S/C26H27F3N6O/c1-33-13-15-34(16-14-33)24-19-17-35(25(36)31-22-10-6-5-9-20(22)26(27,28)29)12-11-21(19)30-23(32-24)18-7-3-2-4-8-18/h2-10H,11-17H2,1H3,(H,31,36). The van der Waals surface area contributed by atoms with Gasteiger partial charge in [0.05, 0.1) is 23.5 Å². The fourth-order valence-electron chi connectivity index (χ4n) is 4.60. The van der Waals surface area contributed by atoms with Gasteiger partial charge >= 0.3 is 12.2 Å². The molecule has 1 saturated heterocycles. The number of para-hydroxylation sites is 1. The van der Waals surface area contributed by atoms with Gasteiger partial charge in [-0.3, -0.25) is 0 Å². The van der Waals surface area contributed by atoms with Crippen LogP contribution in [-0.4, -0.2) is 65.6 Å². The first-order valence-electron chi connectivity index (χ1n) is 11.9. The Morgan fingerprint density at radius 1 is 0.917 bits per heavy atom. The summed E-state index contributed by atoms with van der Waals surface area (Å²) >= 11 is 0. The molecule has 36 heavy (non-hydrogen) atoms. The van der Waals surface area contributed by atoms with Crippen molar-refractivity contribution in [3.8, 4) is 11.4 Å². The SMILES string of the molecule is CN1CCN(c2nc(-c3ccccc3)nc3c2CN(C(=O)Nc2ccccc2C(F)(F)F)CC3)CC1. The first-order chi connectivity index (χ1) is 17.3. The second kappa shape index (κ2) is 9.77. The first kappa shape index (κ1) is 24.1. The highest BCUT2D eigenvalue weighted by Crippen LogP contribution is 2.35. The van der Waals surface area contributed by atoms with E-state index in [1.165, 1.54) is 23.1 Å². The molecule has 0 unspecified atom stereocenters. The number of benzene rings is 2. The van der Waals surface area contributed by atoms with E-state index in [0.717, 1.165) is 54.9 Å². The van der Waals surface area contributed by atoms with Crippen LogP contribution in [-0.2, 0) is 19.1 Å². The maximum atomic E-state index is 13.4. The maximum Gasteiger partial charge on any atom is 0.418 e. The average Bonchev–Trinajstić information content (AvgIpc) is 2.88. The number of likely N-dealkylation sites (N-methyl/N-ethyl adjacent to an activating group) is 1. The number of carbonyl (C=O) groups excluding carboxylic acids is 1. The van der Waals surface area contributed by atoms with Crippen LogP contribution in [0.1, 0.15) is 16.8 Å². The summed E-state index contributed by atoms with van der Waals surface area (Å²) in [7, 11) is 2.08. The van der Waals surface area contributed by atoms with Crippen molar-refractivity contribution in [3.05, 3.63) is 71.4 Å². The largest absolute Gasteiger partial charge is 0.418 e. The van der Waals surface area contributed by atoms with Crippen molar-refractivity contribution in [1.82, 2.24) is 19.8 Å². The molecule has 2 amide bonds. The van der Waals surface area contributed by atoms with Crippen LogP contribution >= 0.6 is 0 Å². The van der Waals surface area contributed by atoms with Gasteiger partial charge in [0, 0.05) is 50.3 Å². The summed E-state index contributed by atoms with van der Waals surface area (Å²) in [6.07, 6.45) is -4.07. The van der Waals surface area contributed by atoms with E-state index in [9.17, 15) is 18.0 Å². The Bertz CT molecular complexity index is 1240. The highest BCUT2D eigenvalue weighted by molar-refractivity contribution is 5.90. The molecule has 1 aromatic heterocycles. The number of nitrogens with one attached hydrogen (secondary N) is 1. The molecule has 2 aliphatic heterocycles. The minimum absolute atomic E-state index is 0.228. The summed E-state index contributed by atoms with van der Waals surface area (Å²) in [6.45, 7) is 3.93. The van der Waals surface area contributed by atoms with Crippen molar-refractivity contribution in [3.63, 3.8) is 0 Å². The van der Waals surface area contributed by atoms with Gasteiger partial charge in [-0.05, 0) is 19.2 Å². The van der Waals surface area contributed by atoms with Crippen LogP contribution in [0.2, 0.25) is 0 Å². The number of rotatable bonds is 3. The molecule has 0 atom stereocenters. The molecule has 3 aromatic rings. The fourth-order valence-corrected chi connectivity index (χ4v) is 4.60. The molecule has 0 spiro atoms. The predicted molar refractivity (Wildman–Crippen MR) is 132 cm³/mol. The number of halogens is 3. The van der Waals surface area contributed by atoms with Crippen molar-refractivity contribution in [2.24, 2.45) is 0 Å². The Kier molecular flexibility index (Phi) is 6.53.